The van der Waals surface area contributed by atoms with Crippen molar-refractivity contribution in [3.8, 4) is 0 Å². The van der Waals surface area contributed by atoms with E-state index in [0.29, 0.717) is 10.7 Å². The Kier molecular flexibility index (Phi) is 4.46. The van der Waals surface area contributed by atoms with Crippen LogP contribution >= 0.6 is 11.3 Å². The maximum absolute atomic E-state index is 13.2. The minimum atomic E-state index is -0.426. The Labute approximate surface area is 121 Å². The lowest BCUT2D eigenvalue weighted by Gasteiger charge is -2.06. The predicted molar refractivity (Wildman–Crippen MR) is 78.7 cm³/mol. The van der Waals surface area contributed by atoms with Crippen molar-refractivity contribution < 1.29 is 9.18 Å². The molecule has 1 heterocycles. The SMILES string of the molecule is CNC(C)c1csc(NC(=O)c2cc(F)ccc2C)n1. The van der Waals surface area contributed by atoms with E-state index in [1.165, 1.54) is 23.5 Å². The number of nitrogens with one attached hydrogen (secondary N) is 2. The van der Waals surface area contributed by atoms with E-state index in [1.807, 2.05) is 19.4 Å². The highest BCUT2D eigenvalue weighted by molar-refractivity contribution is 7.14. The molecule has 6 heteroatoms. The van der Waals surface area contributed by atoms with Crippen LogP contribution < -0.4 is 10.6 Å². The number of thiazole rings is 1. The molecular weight excluding hydrogens is 277 g/mol. The second-order valence-electron chi connectivity index (χ2n) is 4.50. The number of carbonyl (C=O) groups is 1. The summed E-state index contributed by atoms with van der Waals surface area (Å²) in [5.41, 5.74) is 1.91. The molecule has 2 aromatic rings. The number of rotatable bonds is 4. The monoisotopic (exact) mass is 293 g/mol. The molecule has 0 aliphatic carbocycles. The molecule has 0 saturated carbocycles. The van der Waals surface area contributed by atoms with Crippen LogP contribution in [-0.4, -0.2) is 17.9 Å². The first kappa shape index (κ1) is 14.6. The summed E-state index contributed by atoms with van der Waals surface area (Å²) in [4.78, 5) is 16.4. The van der Waals surface area contributed by atoms with E-state index < -0.39 is 5.82 Å². The van der Waals surface area contributed by atoms with E-state index >= 15 is 0 Å². The van der Waals surface area contributed by atoms with Gasteiger partial charge in [0.05, 0.1) is 5.69 Å². The zero-order valence-electron chi connectivity index (χ0n) is 11.5. The van der Waals surface area contributed by atoms with E-state index in [-0.39, 0.29) is 11.9 Å². The molecule has 1 atom stereocenters. The Hall–Kier alpha value is -1.79. The van der Waals surface area contributed by atoms with Gasteiger partial charge in [0, 0.05) is 17.0 Å². The highest BCUT2D eigenvalue weighted by atomic mass is 32.1. The molecule has 1 aromatic carbocycles. The van der Waals surface area contributed by atoms with Gasteiger partial charge in [0.25, 0.3) is 5.91 Å². The average molecular weight is 293 g/mol. The van der Waals surface area contributed by atoms with Gasteiger partial charge in [-0.25, -0.2) is 9.37 Å². The van der Waals surface area contributed by atoms with Gasteiger partial charge in [-0.15, -0.1) is 11.3 Å². The number of carbonyl (C=O) groups excluding carboxylic acids is 1. The average Bonchev–Trinajstić information content (AvgIpc) is 2.89. The van der Waals surface area contributed by atoms with Crippen molar-refractivity contribution in [2.75, 3.05) is 12.4 Å². The maximum atomic E-state index is 13.2. The van der Waals surface area contributed by atoms with Crippen molar-refractivity contribution in [3.63, 3.8) is 0 Å². The van der Waals surface area contributed by atoms with Gasteiger partial charge in [-0.05, 0) is 38.6 Å². The van der Waals surface area contributed by atoms with Crippen LogP contribution in [0, 0.1) is 12.7 Å². The topological polar surface area (TPSA) is 54.0 Å². The maximum Gasteiger partial charge on any atom is 0.257 e. The van der Waals surface area contributed by atoms with Gasteiger partial charge in [-0.2, -0.15) is 0 Å². The number of benzene rings is 1. The normalized spacial score (nSPS) is 12.2. The van der Waals surface area contributed by atoms with Gasteiger partial charge in [-0.3, -0.25) is 10.1 Å². The fourth-order valence-corrected chi connectivity index (χ4v) is 2.49. The van der Waals surface area contributed by atoms with Crippen molar-refractivity contribution in [1.82, 2.24) is 10.3 Å². The first-order chi connectivity index (χ1) is 9.51. The third kappa shape index (κ3) is 3.20. The minimum absolute atomic E-state index is 0.118. The highest BCUT2D eigenvalue weighted by Crippen LogP contribution is 2.21. The molecular formula is C14H16FN3OS. The molecule has 1 aromatic heterocycles. The summed E-state index contributed by atoms with van der Waals surface area (Å²) in [6, 6.07) is 4.27. The number of amides is 1. The zero-order chi connectivity index (χ0) is 14.7. The molecule has 4 nitrogen and oxygen atoms in total. The lowest BCUT2D eigenvalue weighted by atomic mass is 10.1. The third-order valence-corrected chi connectivity index (χ3v) is 3.84. The molecule has 2 rings (SSSR count). The van der Waals surface area contributed by atoms with Crippen molar-refractivity contribution in [2.45, 2.75) is 19.9 Å². The van der Waals surface area contributed by atoms with Crippen LogP contribution in [0.25, 0.3) is 0 Å². The molecule has 1 unspecified atom stereocenters. The van der Waals surface area contributed by atoms with Crippen LogP contribution in [0.15, 0.2) is 23.6 Å². The highest BCUT2D eigenvalue weighted by Gasteiger charge is 2.13. The molecule has 20 heavy (non-hydrogen) atoms. The molecule has 0 bridgehead atoms. The van der Waals surface area contributed by atoms with E-state index in [1.54, 1.807) is 13.0 Å². The molecule has 0 saturated heterocycles. The van der Waals surface area contributed by atoms with Crippen LogP contribution in [0.4, 0.5) is 9.52 Å². The molecule has 0 fully saturated rings. The van der Waals surface area contributed by atoms with Gasteiger partial charge in [0.1, 0.15) is 5.82 Å². The molecule has 1 amide bonds. The molecule has 0 spiro atoms. The molecule has 0 radical (unpaired) electrons. The number of anilines is 1. The van der Waals surface area contributed by atoms with Crippen LogP contribution in [-0.2, 0) is 0 Å². The van der Waals surface area contributed by atoms with Crippen LogP contribution in [0.3, 0.4) is 0 Å². The third-order valence-electron chi connectivity index (χ3n) is 3.06. The summed E-state index contributed by atoms with van der Waals surface area (Å²) < 4.78 is 13.2. The van der Waals surface area contributed by atoms with E-state index in [2.05, 4.69) is 15.6 Å². The van der Waals surface area contributed by atoms with E-state index in [4.69, 9.17) is 0 Å². The van der Waals surface area contributed by atoms with E-state index in [0.717, 1.165) is 11.3 Å². The Morgan fingerprint density at radius 3 is 2.90 bits per heavy atom. The number of aryl methyl sites for hydroxylation is 1. The number of hydrogen-bond donors (Lipinski definition) is 2. The predicted octanol–water partition coefficient (Wildman–Crippen LogP) is 3.12. The number of hydrogen-bond acceptors (Lipinski definition) is 4. The van der Waals surface area contributed by atoms with Crippen molar-refractivity contribution in [3.05, 3.63) is 46.2 Å². The summed E-state index contributed by atoms with van der Waals surface area (Å²) >= 11 is 1.35. The van der Waals surface area contributed by atoms with Gasteiger partial charge in [0.2, 0.25) is 0 Å². The van der Waals surface area contributed by atoms with Gasteiger partial charge >= 0.3 is 0 Å². The quantitative estimate of drug-likeness (QED) is 0.910. The molecule has 2 N–H and O–H groups in total. The van der Waals surface area contributed by atoms with Crippen LogP contribution in [0.2, 0.25) is 0 Å². The van der Waals surface area contributed by atoms with E-state index in [9.17, 15) is 9.18 Å². The summed E-state index contributed by atoms with van der Waals surface area (Å²) in [7, 11) is 1.85. The Bertz CT molecular complexity index is 627. The Balaban J connectivity index is 2.15. The number of nitrogens with zero attached hydrogens (tertiary/aromatic N) is 1. The van der Waals surface area contributed by atoms with Crippen LogP contribution in [0.1, 0.15) is 34.6 Å². The summed E-state index contributed by atoms with van der Waals surface area (Å²) in [5.74, 6) is -0.774. The Morgan fingerprint density at radius 1 is 1.45 bits per heavy atom. The fourth-order valence-electron chi connectivity index (χ4n) is 1.69. The van der Waals surface area contributed by atoms with Gasteiger partial charge in [0.15, 0.2) is 5.13 Å². The lowest BCUT2D eigenvalue weighted by molar-refractivity contribution is 0.102. The van der Waals surface area contributed by atoms with Crippen molar-refractivity contribution in [2.24, 2.45) is 0 Å². The molecule has 0 aliphatic heterocycles. The molecule has 106 valence electrons. The number of aromatic nitrogens is 1. The standard InChI is InChI=1S/C14H16FN3OS/c1-8-4-5-10(15)6-11(8)13(19)18-14-17-12(7-20-14)9(2)16-3/h4-7,9,16H,1-3H3,(H,17,18,19). The minimum Gasteiger partial charge on any atom is -0.312 e. The molecule has 0 aliphatic rings. The van der Waals surface area contributed by atoms with Crippen LogP contribution in [0.5, 0.6) is 0 Å². The lowest BCUT2D eigenvalue weighted by Crippen LogP contribution is -2.15. The van der Waals surface area contributed by atoms with Gasteiger partial charge < -0.3 is 5.32 Å². The first-order valence-electron chi connectivity index (χ1n) is 6.21. The number of halogens is 1. The zero-order valence-corrected chi connectivity index (χ0v) is 12.3. The Morgan fingerprint density at radius 2 is 2.20 bits per heavy atom. The fraction of sp³-hybridized carbons (Fsp3) is 0.286. The second-order valence-corrected chi connectivity index (χ2v) is 5.36. The summed E-state index contributed by atoms with van der Waals surface area (Å²) in [5, 5.41) is 8.17. The first-order valence-corrected chi connectivity index (χ1v) is 7.09. The smallest absolute Gasteiger partial charge is 0.257 e. The summed E-state index contributed by atoms with van der Waals surface area (Å²) in [6.45, 7) is 3.75. The largest absolute Gasteiger partial charge is 0.312 e. The van der Waals surface area contributed by atoms with Gasteiger partial charge in [-0.1, -0.05) is 6.07 Å². The van der Waals surface area contributed by atoms with Crippen molar-refractivity contribution in [1.29, 1.82) is 0 Å². The van der Waals surface area contributed by atoms with Crippen molar-refractivity contribution >= 4 is 22.4 Å². The summed E-state index contributed by atoms with van der Waals surface area (Å²) in [6.07, 6.45) is 0. The second kappa shape index (κ2) is 6.11.